The molecule has 0 spiro atoms. The summed E-state index contributed by atoms with van der Waals surface area (Å²) in [6, 6.07) is 6.59. The molecule has 17 heavy (non-hydrogen) atoms. The van der Waals surface area contributed by atoms with E-state index in [4.69, 9.17) is 16.4 Å². The molecule has 0 radical (unpaired) electrons. The average molecular weight is 255 g/mol. The van der Waals surface area contributed by atoms with Crippen molar-refractivity contribution < 1.29 is 9.63 Å². The lowest BCUT2D eigenvalue weighted by atomic mass is 10.3. The van der Waals surface area contributed by atoms with Gasteiger partial charge in [-0.15, -0.1) is 0 Å². The van der Waals surface area contributed by atoms with E-state index >= 15 is 0 Å². The van der Waals surface area contributed by atoms with Crippen molar-refractivity contribution in [2.45, 2.75) is 31.8 Å². The smallest absolute Gasteiger partial charge is 0.306 e. The van der Waals surface area contributed by atoms with Crippen molar-refractivity contribution in [3.8, 4) is 0 Å². The number of benzene rings is 1. The zero-order valence-corrected chi connectivity index (χ0v) is 10.2. The summed E-state index contributed by atoms with van der Waals surface area (Å²) in [5.41, 5.74) is 3.04. The summed E-state index contributed by atoms with van der Waals surface area (Å²) in [6.45, 7) is 0. The fraction of sp³-hybridized carbons (Fsp3) is 0.417. The first-order valence-electron chi connectivity index (χ1n) is 5.72. The molecule has 0 unspecified atom stereocenters. The van der Waals surface area contributed by atoms with E-state index in [9.17, 15) is 4.79 Å². The summed E-state index contributed by atoms with van der Waals surface area (Å²) < 4.78 is 0. The zero-order valence-electron chi connectivity index (χ0n) is 9.41. The average Bonchev–Trinajstić information content (AvgIpc) is 2.79. The maximum Gasteiger partial charge on any atom is 0.343 e. The van der Waals surface area contributed by atoms with E-state index in [1.807, 2.05) is 0 Å². The van der Waals surface area contributed by atoms with E-state index in [2.05, 4.69) is 10.8 Å². The van der Waals surface area contributed by atoms with Gasteiger partial charge < -0.3 is 5.32 Å². The standard InChI is InChI=1S/C12H15ClN2O2/c13-9-4-3-5-10(8-9)14-12(16)15-17-11-6-1-2-7-11/h3-5,8,11H,1-2,6-7H2,(H2,14,15,16). The molecular weight excluding hydrogens is 240 g/mol. The van der Waals surface area contributed by atoms with Gasteiger partial charge >= 0.3 is 6.03 Å². The quantitative estimate of drug-likeness (QED) is 0.813. The molecule has 5 heteroatoms. The number of rotatable bonds is 3. The molecule has 2 amide bonds. The first-order valence-corrected chi connectivity index (χ1v) is 6.10. The van der Waals surface area contributed by atoms with Gasteiger partial charge in [0.05, 0.1) is 6.10 Å². The van der Waals surface area contributed by atoms with Gasteiger partial charge in [0.25, 0.3) is 0 Å². The fourth-order valence-electron chi connectivity index (χ4n) is 1.87. The maximum atomic E-state index is 11.5. The summed E-state index contributed by atoms with van der Waals surface area (Å²) in [6.07, 6.45) is 4.51. The number of urea groups is 1. The van der Waals surface area contributed by atoms with Gasteiger partial charge in [0, 0.05) is 10.7 Å². The highest BCUT2D eigenvalue weighted by Crippen LogP contribution is 2.20. The van der Waals surface area contributed by atoms with Crippen LogP contribution in [0.3, 0.4) is 0 Å². The van der Waals surface area contributed by atoms with Crippen molar-refractivity contribution in [1.29, 1.82) is 0 Å². The predicted molar refractivity (Wildman–Crippen MR) is 66.9 cm³/mol. The van der Waals surface area contributed by atoms with Crippen LogP contribution in [0.25, 0.3) is 0 Å². The number of hydroxylamine groups is 1. The zero-order chi connectivity index (χ0) is 12.1. The normalized spacial score (nSPS) is 15.8. The van der Waals surface area contributed by atoms with Crippen molar-refractivity contribution >= 4 is 23.3 Å². The number of hydrogen-bond donors (Lipinski definition) is 2. The fourth-order valence-corrected chi connectivity index (χ4v) is 2.06. The maximum absolute atomic E-state index is 11.5. The summed E-state index contributed by atoms with van der Waals surface area (Å²) in [5, 5.41) is 3.23. The van der Waals surface area contributed by atoms with Crippen LogP contribution < -0.4 is 10.8 Å². The van der Waals surface area contributed by atoms with Crippen molar-refractivity contribution in [1.82, 2.24) is 5.48 Å². The Kier molecular flexibility index (Phi) is 4.23. The van der Waals surface area contributed by atoms with Crippen molar-refractivity contribution in [2.24, 2.45) is 0 Å². The second-order valence-corrected chi connectivity index (χ2v) is 4.53. The number of carbonyl (C=O) groups excluding carboxylic acids is 1. The molecule has 0 bridgehead atoms. The Hall–Kier alpha value is -1.26. The second-order valence-electron chi connectivity index (χ2n) is 4.09. The molecule has 0 heterocycles. The molecule has 0 aliphatic heterocycles. The third kappa shape index (κ3) is 3.91. The molecule has 2 N–H and O–H groups in total. The molecule has 1 aromatic carbocycles. The molecule has 0 aromatic heterocycles. The number of nitrogens with one attached hydrogen (secondary N) is 2. The number of carbonyl (C=O) groups is 1. The molecule has 1 saturated carbocycles. The van der Waals surface area contributed by atoms with Crippen LogP contribution in [-0.2, 0) is 4.84 Å². The van der Waals surface area contributed by atoms with E-state index in [0.717, 1.165) is 12.8 Å². The minimum absolute atomic E-state index is 0.153. The Morgan fingerprint density at radius 3 is 2.82 bits per heavy atom. The number of hydrogen-bond acceptors (Lipinski definition) is 2. The Bertz CT molecular complexity index is 392. The minimum atomic E-state index is -0.376. The first-order chi connectivity index (χ1) is 8.24. The van der Waals surface area contributed by atoms with E-state index < -0.39 is 0 Å². The second kappa shape index (κ2) is 5.89. The van der Waals surface area contributed by atoms with Gasteiger partial charge in [-0.25, -0.2) is 10.3 Å². The van der Waals surface area contributed by atoms with Gasteiger partial charge in [-0.1, -0.05) is 30.5 Å². The SMILES string of the molecule is O=C(NOC1CCCC1)Nc1cccc(Cl)c1. The van der Waals surface area contributed by atoms with E-state index in [-0.39, 0.29) is 12.1 Å². The van der Waals surface area contributed by atoms with Crippen molar-refractivity contribution in [3.05, 3.63) is 29.3 Å². The van der Waals surface area contributed by atoms with Crippen LogP contribution in [0.4, 0.5) is 10.5 Å². The van der Waals surface area contributed by atoms with Crippen LogP contribution in [0.2, 0.25) is 5.02 Å². The summed E-state index contributed by atoms with van der Waals surface area (Å²) in [7, 11) is 0. The molecule has 0 saturated heterocycles. The predicted octanol–water partition coefficient (Wildman–Crippen LogP) is 3.34. The van der Waals surface area contributed by atoms with Crippen LogP contribution in [-0.4, -0.2) is 12.1 Å². The number of anilines is 1. The summed E-state index contributed by atoms with van der Waals surface area (Å²) in [5.74, 6) is 0. The highest BCUT2D eigenvalue weighted by atomic mass is 35.5. The third-order valence-corrected chi connectivity index (χ3v) is 2.94. The third-order valence-electron chi connectivity index (χ3n) is 2.70. The van der Waals surface area contributed by atoms with Crippen molar-refractivity contribution in [2.75, 3.05) is 5.32 Å². The lowest BCUT2D eigenvalue weighted by Crippen LogP contribution is -2.32. The number of halogens is 1. The lowest BCUT2D eigenvalue weighted by molar-refractivity contribution is 0.00336. The van der Waals surface area contributed by atoms with Gasteiger partial charge in [-0.05, 0) is 31.0 Å². The Morgan fingerprint density at radius 2 is 2.12 bits per heavy atom. The number of amides is 2. The molecular formula is C12H15ClN2O2. The molecule has 2 rings (SSSR count). The van der Waals surface area contributed by atoms with Crippen molar-refractivity contribution in [3.63, 3.8) is 0 Å². The van der Waals surface area contributed by atoms with Gasteiger partial charge in [-0.3, -0.25) is 4.84 Å². The highest BCUT2D eigenvalue weighted by Gasteiger charge is 2.16. The summed E-state index contributed by atoms with van der Waals surface area (Å²) >= 11 is 5.81. The van der Waals surface area contributed by atoms with Gasteiger partial charge in [0.2, 0.25) is 0 Å². The topological polar surface area (TPSA) is 50.4 Å². The Balaban J connectivity index is 1.76. The van der Waals surface area contributed by atoms with Gasteiger partial charge in [-0.2, -0.15) is 0 Å². The van der Waals surface area contributed by atoms with E-state index in [1.165, 1.54) is 12.8 Å². The van der Waals surface area contributed by atoms with Crippen LogP contribution in [0, 0.1) is 0 Å². The van der Waals surface area contributed by atoms with Gasteiger partial charge in [0.15, 0.2) is 0 Å². The molecule has 1 aliphatic carbocycles. The molecule has 1 aliphatic rings. The van der Waals surface area contributed by atoms with Gasteiger partial charge in [0.1, 0.15) is 0 Å². The Labute approximate surface area is 105 Å². The molecule has 1 aromatic rings. The monoisotopic (exact) mass is 254 g/mol. The van der Waals surface area contributed by atoms with Crippen LogP contribution in [0.1, 0.15) is 25.7 Å². The van der Waals surface area contributed by atoms with Crippen LogP contribution in [0.15, 0.2) is 24.3 Å². The molecule has 4 nitrogen and oxygen atoms in total. The molecule has 1 fully saturated rings. The Morgan fingerprint density at radius 1 is 1.35 bits per heavy atom. The lowest BCUT2D eigenvalue weighted by Gasteiger charge is -2.12. The van der Waals surface area contributed by atoms with Crippen LogP contribution in [0.5, 0.6) is 0 Å². The highest BCUT2D eigenvalue weighted by molar-refractivity contribution is 6.30. The van der Waals surface area contributed by atoms with E-state index in [0.29, 0.717) is 10.7 Å². The largest absolute Gasteiger partial charge is 0.343 e. The minimum Gasteiger partial charge on any atom is -0.306 e. The molecule has 0 atom stereocenters. The van der Waals surface area contributed by atoms with Crippen LogP contribution >= 0.6 is 11.6 Å². The summed E-state index contributed by atoms with van der Waals surface area (Å²) in [4.78, 5) is 16.8. The first kappa shape index (κ1) is 12.2. The van der Waals surface area contributed by atoms with E-state index in [1.54, 1.807) is 24.3 Å². The molecule has 92 valence electrons.